The molecule has 0 saturated carbocycles. The summed E-state index contributed by atoms with van der Waals surface area (Å²) < 4.78 is 68.2. The van der Waals surface area contributed by atoms with Crippen LogP contribution in [0.15, 0.2) is 18.5 Å². The normalized spacial score (nSPS) is 16.0. The summed E-state index contributed by atoms with van der Waals surface area (Å²) >= 11 is 0. The van der Waals surface area contributed by atoms with Gasteiger partial charge in [0.2, 0.25) is 12.3 Å². The lowest BCUT2D eigenvalue weighted by Gasteiger charge is -2.46. The van der Waals surface area contributed by atoms with Gasteiger partial charge in [-0.25, -0.2) is 23.7 Å². The SMILES string of the molecule is CC(=O)Nc1ncnc(-c2cc(C(F)(F)F)cc(N3CC(C(C)(C)O)C3)n2)c1C(C)C(F)F. The molecule has 1 aliphatic heterocycles. The average Bonchev–Trinajstić information content (AvgIpc) is 2.63. The van der Waals surface area contributed by atoms with Gasteiger partial charge in [0, 0.05) is 37.4 Å². The third-order valence-corrected chi connectivity index (χ3v) is 5.60. The quantitative estimate of drug-likeness (QED) is 0.615. The van der Waals surface area contributed by atoms with Crippen molar-refractivity contribution in [3.8, 4) is 11.4 Å². The fraction of sp³-hybridized carbons (Fsp3) is 0.524. The number of hydrogen-bond acceptors (Lipinski definition) is 6. The van der Waals surface area contributed by atoms with Crippen molar-refractivity contribution >= 4 is 17.5 Å². The van der Waals surface area contributed by atoms with Gasteiger partial charge in [-0.2, -0.15) is 13.2 Å². The third kappa shape index (κ3) is 5.37. The number of carbonyl (C=O) groups is 1. The smallest absolute Gasteiger partial charge is 0.390 e. The monoisotopic (exact) mass is 473 g/mol. The average molecular weight is 473 g/mol. The number of aliphatic hydroxyl groups is 1. The maximum atomic E-state index is 13.7. The second-order valence-electron chi connectivity index (χ2n) is 8.64. The Labute approximate surface area is 187 Å². The standard InChI is InChI=1S/C21H24F5N5O2/c1-10(18(22)23)16-17(27-9-28-19(16)29-11(2)32)14-5-12(21(24,25)26)6-15(30-14)31-7-13(8-31)20(3,4)33/h5-6,9-10,13,18,33H,7-8H2,1-4H3,(H,27,28,29,32). The summed E-state index contributed by atoms with van der Waals surface area (Å²) in [5, 5.41) is 12.5. The number of alkyl halides is 5. The van der Waals surface area contributed by atoms with E-state index in [1.807, 2.05) is 0 Å². The van der Waals surface area contributed by atoms with E-state index in [4.69, 9.17) is 0 Å². The Morgan fingerprint density at radius 2 is 1.85 bits per heavy atom. The summed E-state index contributed by atoms with van der Waals surface area (Å²) in [6.07, 6.45) is -6.65. The first-order valence-electron chi connectivity index (χ1n) is 10.2. The summed E-state index contributed by atoms with van der Waals surface area (Å²) in [6, 6.07) is 1.61. The van der Waals surface area contributed by atoms with Crippen molar-refractivity contribution in [1.29, 1.82) is 0 Å². The number of nitrogens with zero attached hydrogens (tertiary/aromatic N) is 4. The molecule has 12 heteroatoms. The number of pyridine rings is 1. The van der Waals surface area contributed by atoms with E-state index in [9.17, 15) is 31.9 Å². The fourth-order valence-corrected chi connectivity index (χ4v) is 3.50. The van der Waals surface area contributed by atoms with Gasteiger partial charge in [-0.1, -0.05) is 6.92 Å². The molecule has 0 aromatic carbocycles. The molecule has 1 unspecified atom stereocenters. The van der Waals surface area contributed by atoms with E-state index in [-0.39, 0.29) is 47.6 Å². The molecule has 1 amide bonds. The molecule has 2 N–H and O–H groups in total. The van der Waals surface area contributed by atoms with Crippen molar-refractivity contribution in [2.45, 2.75) is 51.8 Å². The van der Waals surface area contributed by atoms with Gasteiger partial charge in [0.25, 0.3) is 0 Å². The van der Waals surface area contributed by atoms with E-state index in [2.05, 4.69) is 20.3 Å². The van der Waals surface area contributed by atoms with Crippen LogP contribution in [0.2, 0.25) is 0 Å². The zero-order valence-corrected chi connectivity index (χ0v) is 18.4. The predicted molar refractivity (Wildman–Crippen MR) is 111 cm³/mol. The Balaban J connectivity index is 2.15. The molecule has 7 nitrogen and oxygen atoms in total. The highest BCUT2D eigenvalue weighted by atomic mass is 19.4. The third-order valence-electron chi connectivity index (χ3n) is 5.60. The highest BCUT2D eigenvalue weighted by Gasteiger charge is 2.40. The minimum atomic E-state index is -4.73. The Kier molecular flexibility index (Phi) is 6.60. The Bertz CT molecular complexity index is 1030. The van der Waals surface area contributed by atoms with Gasteiger partial charge in [0.1, 0.15) is 18.0 Å². The maximum absolute atomic E-state index is 13.7. The Morgan fingerprint density at radius 1 is 1.21 bits per heavy atom. The van der Waals surface area contributed by atoms with Crippen LogP contribution in [-0.4, -0.2) is 51.1 Å². The second-order valence-corrected chi connectivity index (χ2v) is 8.64. The number of hydrogen-bond donors (Lipinski definition) is 2. The first-order chi connectivity index (χ1) is 15.2. The molecule has 33 heavy (non-hydrogen) atoms. The van der Waals surface area contributed by atoms with Crippen LogP contribution in [-0.2, 0) is 11.0 Å². The molecule has 1 aliphatic rings. The highest BCUT2D eigenvalue weighted by molar-refractivity contribution is 5.89. The minimum absolute atomic E-state index is 0.0179. The molecule has 3 rings (SSSR count). The lowest BCUT2D eigenvalue weighted by atomic mass is 9.84. The number of nitrogens with one attached hydrogen (secondary N) is 1. The summed E-state index contributed by atoms with van der Waals surface area (Å²) in [7, 11) is 0. The first-order valence-corrected chi connectivity index (χ1v) is 10.2. The van der Waals surface area contributed by atoms with Crippen LogP contribution in [0.5, 0.6) is 0 Å². The van der Waals surface area contributed by atoms with Crippen LogP contribution in [0.1, 0.15) is 44.7 Å². The number of anilines is 2. The number of aromatic nitrogens is 3. The molecular formula is C21H24F5N5O2. The van der Waals surface area contributed by atoms with Crippen molar-refractivity contribution in [3.05, 3.63) is 29.6 Å². The molecule has 1 saturated heterocycles. The lowest BCUT2D eigenvalue weighted by molar-refractivity contribution is -0.137. The van der Waals surface area contributed by atoms with Crippen molar-refractivity contribution in [1.82, 2.24) is 15.0 Å². The van der Waals surface area contributed by atoms with Gasteiger partial charge in [-0.15, -0.1) is 0 Å². The van der Waals surface area contributed by atoms with E-state index in [1.54, 1.807) is 18.7 Å². The topological polar surface area (TPSA) is 91.2 Å². The number of rotatable bonds is 6. The predicted octanol–water partition coefficient (Wildman–Crippen LogP) is 4.09. The van der Waals surface area contributed by atoms with E-state index in [1.165, 1.54) is 0 Å². The molecule has 2 aromatic heterocycles. The van der Waals surface area contributed by atoms with Crippen LogP contribution in [0.25, 0.3) is 11.4 Å². The largest absolute Gasteiger partial charge is 0.416 e. The van der Waals surface area contributed by atoms with Gasteiger partial charge in [0.15, 0.2) is 0 Å². The van der Waals surface area contributed by atoms with Crippen LogP contribution >= 0.6 is 0 Å². The molecule has 0 bridgehead atoms. The van der Waals surface area contributed by atoms with Gasteiger partial charge in [-0.3, -0.25) is 4.79 Å². The molecule has 1 atom stereocenters. The van der Waals surface area contributed by atoms with E-state index in [0.717, 1.165) is 32.3 Å². The zero-order chi connectivity index (χ0) is 24.7. The molecule has 180 valence electrons. The van der Waals surface area contributed by atoms with Crippen LogP contribution < -0.4 is 10.2 Å². The summed E-state index contributed by atoms with van der Waals surface area (Å²) in [6.45, 7) is 6.10. The summed E-state index contributed by atoms with van der Waals surface area (Å²) in [5.41, 5.74) is -2.75. The summed E-state index contributed by atoms with van der Waals surface area (Å²) in [5.74, 6) is -2.48. The van der Waals surface area contributed by atoms with Crippen LogP contribution in [0.3, 0.4) is 0 Å². The highest BCUT2D eigenvalue weighted by Crippen LogP contribution is 2.40. The number of halogens is 5. The number of carbonyl (C=O) groups excluding carboxylic acids is 1. The van der Waals surface area contributed by atoms with E-state index < -0.39 is 35.6 Å². The van der Waals surface area contributed by atoms with Crippen molar-refractivity contribution in [3.63, 3.8) is 0 Å². The lowest BCUT2D eigenvalue weighted by Crippen LogP contribution is -2.56. The Morgan fingerprint density at radius 3 is 2.36 bits per heavy atom. The van der Waals surface area contributed by atoms with Crippen molar-refractivity contribution in [2.24, 2.45) is 5.92 Å². The minimum Gasteiger partial charge on any atom is -0.390 e. The summed E-state index contributed by atoms with van der Waals surface area (Å²) in [4.78, 5) is 25.2. The van der Waals surface area contributed by atoms with Gasteiger partial charge in [0.05, 0.1) is 22.6 Å². The van der Waals surface area contributed by atoms with E-state index in [0.29, 0.717) is 0 Å². The molecule has 1 fully saturated rings. The first kappa shape index (κ1) is 24.7. The van der Waals surface area contributed by atoms with Crippen molar-refractivity contribution in [2.75, 3.05) is 23.3 Å². The molecular weight excluding hydrogens is 449 g/mol. The molecule has 0 aliphatic carbocycles. The zero-order valence-electron chi connectivity index (χ0n) is 18.4. The van der Waals surface area contributed by atoms with Gasteiger partial charge < -0.3 is 15.3 Å². The maximum Gasteiger partial charge on any atom is 0.416 e. The molecule has 3 heterocycles. The van der Waals surface area contributed by atoms with Crippen molar-refractivity contribution < 1.29 is 31.9 Å². The molecule has 2 aromatic rings. The van der Waals surface area contributed by atoms with Gasteiger partial charge in [-0.05, 0) is 26.0 Å². The van der Waals surface area contributed by atoms with E-state index >= 15 is 0 Å². The van der Waals surface area contributed by atoms with Gasteiger partial charge >= 0.3 is 6.18 Å². The molecule has 0 spiro atoms. The van der Waals surface area contributed by atoms with Crippen LogP contribution in [0, 0.1) is 5.92 Å². The van der Waals surface area contributed by atoms with Crippen LogP contribution in [0.4, 0.5) is 33.6 Å². The number of amides is 1. The second kappa shape index (κ2) is 8.81. The molecule has 0 radical (unpaired) electrons. The fourth-order valence-electron chi connectivity index (χ4n) is 3.50. The Hall–Kier alpha value is -2.89.